The van der Waals surface area contributed by atoms with E-state index in [4.69, 9.17) is 4.74 Å². The molecule has 4 nitrogen and oxygen atoms in total. The van der Waals surface area contributed by atoms with Gasteiger partial charge in [-0.3, -0.25) is 5.10 Å². The molecule has 0 spiro atoms. The third kappa shape index (κ3) is 1.23. The zero-order chi connectivity index (χ0) is 9.60. The van der Waals surface area contributed by atoms with E-state index in [-0.39, 0.29) is 5.60 Å². The van der Waals surface area contributed by atoms with Crippen molar-refractivity contribution in [2.75, 3.05) is 0 Å². The summed E-state index contributed by atoms with van der Waals surface area (Å²) in [6.07, 6.45) is 3.95. The van der Waals surface area contributed by atoms with Crippen molar-refractivity contribution in [3.63, 3.8) is 0 Å². The Balaban J connectivity index is 1.97. The van der Waals surface area contributed by atoms with Crippen molar-refractivity contribution in [3.05, 3.63) is 18.3 Å². The average Bonchev–Trinajstić information content (AvgIpc) is 2.73. The van der Waals surface area contributed by atoms with Crippen molar-refractivity contribution in [1.29, 1.82) is 0 Å². The van der Waals surface area contributed by atoms with Crippen LogP contribution in [-0.4, -0.2) is 20.8 Å². The van der Waals surface area contributed by atoms with Crippen LogP contribution >= 0.6 is 0 Å². The van der Waals surface area contributed by atoms with Gasteiger partial charge in [-0.05, 0) is 25.8 Å². The van der Waals surface area contributed by atoms with Crippen LogP contribution in [-0.2, 0) is 0 Å². The predicted molar refractivity (Wildman–Crippen MR) is 52.2 cm³/mol. The first kappa shape index (κ1) is 7.79. The van der Waals surface area contributed by atoms with E-state index in [9.17, 15) is 0 Å². The van der Waals surface area contributed by atoms with Gasteiger partial charge in [0.05, 0.1) is 11.7 Å². The molecule has 14 heavy (non-hydrogen) atoms. The zero-order valence-corrected chi connectivity index (χ0v) is 7.95. The fourth-order valence-electron chi connectivity index (χ4n) is 1.40. The fraction of sp³-hybridized carbons (Fsp3) is 0.400. The van der Waals surface area contributed by atoms with Crippen LogP contribution in [0.1, 0.15) is 19.8 Å². The van der Waals surface area contributed by atoms with Crippen LogP contribution in [0, 0.1) is 0 Å². The monoisotopic (exact) mass is 189 g/mol. The van der Waals surface area contributed by atoms with Crippen LogP contribution in [0.25, 0.3) is 11.0 Å². The van der Waals surface area contributed by atoms with Gasteiger partial charge in [0, 0.05) is 6.07 Å². The summed E-state index contributed by atoms with van der Waals surface area (Å²) in [5.41, 5.74) is 1.83. The molecular formula is C10H11N3O. The molecular weight excluding hydrogens is 178 g/mol. The molecule has 1 aliphatic rings. The molecule has 1 N–H and O–H groups in total. The number of nitrogens with zero attached hydrogens (tertiary/aromatic N) is 2. The summed E-state index contributed by atoms with van der Waals surface area (Å²) in [7, 11) is 0. The van der Waals surface area contributed by atoms with Gasteiger partial charge in [0.2, 0.25) is 5.88 Å². The maximum Gasteiger partial charge on any atom is 0.214 e. The second-order valence-electron chi connectivity index (χ2n) is 4.00. The first-order chi connectivity index (χ1) is 6.75. The van der Waals surface area contributed by atoms with Gasteiger partial charge in [-0.2, -0.15) is 5.10 Å². The Hall–Kier alpha value is -1.58. The topological polar surface area (TPSA) is 50.8 Å². The van der Waals surface area contributed by atoms with Crippen molar-refractivity contribution in [1.82, 2.24) is 15.2 Å². The number of aromatic amines is 1. The van der Waals surface area contributed by atoms with Crippen molar-refractivity contribution >= 4 is 11.0 Å². The Kier molecular flexibility index (Phi) is 1.37. The van der Waals surface area contributed by atoms with Crippen LogP contribution < -0.4 is 4.74 Å². The molecule has 0 unspecified atom stereocenters. The highest BCUT2D eigenvalue weighted by atomic mass is 16.5. The van der Waals surface area contributed by atoms with Gasteiger partial charge in [0.25, 0.3) is 0 Å². The summed E-state index contributed by atoms with van der Waals surface area (Å²) in [4.78, 5) is 4.34. The highest BCUT2D eigenvalue weighted by molar-refractivity contribution is 5.73. The lowest BCUT2D eigenvalue weighted by Gasteiger charge is -2.10. The van der Waals surface area contributed by atoms with Gasteiger partial charge in [0.1, 0.15) is 11.1 Å². The first-order valence-corrected chi connectivity index (χ1v) is 4.74. The van der Waals surface area contributed by atoms with E-state index in [1.165, 1.54) is 0 Å². The van der Waals surface area contributed by atoms with Crippen LogP contribution in [0.4, 0.5) is 0 Å². The standard InChI is InChI=1S/C10H11N3O/c1-10(4-5-10)14-9-3-2-7-8(12-9)6-11-13-7/h2-3,6H,4-5H2,1H3,(H,11,13). The number of hydrogen-bond donors (Lipinski definition) is 1. The van der Waals surface area contributed by atoms with Gasteiger partial charge in [0.15, 0.2) is 0 Å². The molecule has 0 atom stereocenters. The number of aromatic nitrogens is 3. The van der Waals surface area contributed by atoms with Crippen LogP contribution in [0.2, 0.25) is 0 Å². The largest absolute Gasteiger partial charge is 0.471 e. The molecule has 4 heteroatoms. The molecule has 2 aromatic heterocycles. The second-order valence-corrected chi connectivity index (χ2v) is 4.00. The minimum Gasteiger partial charge on any atom is -0.471 e. The lowest BCUT2D eigenvalue weighted by molar-refractivity contribution is 0.192. The van der Waals surface area contributed by atoms with Gasteiger partial charge in [-0.25, -0.2) is 4.98 Å². The molecule has 72 valence electrons. The van der Waals surface area contributed by atoms with Gasteiger partial charge >= 0.3 is 0 Å². The zero-order valence-electron chi connectivity index (χ0n) is 7.95. The highest BCUT2D eigenvalue weighted by Gasteiger charge is 2.40. The maximum absolute atomic E-state index is 5.74. The SMILES string of the molecule is CC1(Oc2ccc3[nH]ncc3n2)CC1. The summed E-state index contributed by atoms with van der Waals surface area (Å²) in [5.74, 6) is 0.693. The normalized spacial score (nSPS) is 18.4. The van der Waals surface area contributed by atoms with E-state index in [0.717, 1.165) is 23.9 Å². The quantitative estimate of drug-likeness (QED) is 0.784. The molecule has 0 radical (unpaired) electrons. The lowest BCUT2D eigenvalue weighted by atomic mass is 10.4. The Morgan fingerprint density at radius 1 is 1.43 bits per heavy atom. The van der Waals surface area contributed by atoms with Gasteiger partial charge < -0.3 is 4.74 Å². The maximum atomic E-state index is 5.74. The van der Waals surface area contributed by atoms with Crippen molar-refractivity contribution in [3.8, 4) is 5.88 Å². The third-order valence-corrected chi connectivity index (χ3v) is 2.58. The summed E-state index contributed by atoms with van der Waals surface area (Å²) in [5, 5.41) is 6.77. The summed E-state index contributed by atoms with van der Waals surface area (Å²) in [6.45, 7) is 2.11. The van der Waals surface area contributed by atoms with E-state index < -0.39 is 0 Å². The molecule has 1 fully saturated rings. The number of pyridine rings is 1. The minimum atomic E-state index is 0.0322. The molecule has 1 aliphatic carbocycles. The van der Waals surface area contributed by atoms with Crippen molar-refractivity contribution < 1.29 is 4.74 Å². The molecule has 0 bridgehead atoms. The number of nitrogens with one attached hydrogen (secondary N) is 1. The summed E-state index contributed by atoms with van der Waals surface area (Å²) < 4.78 is 5.74. The van der Waals surface area contributed by atoms with Crippen molar-refractivity contribution in [2.45, 2.75) is 25.4 Å². The first-order valence-electron chi connectivity index (χ1n) is 4.74. The van der Waals surface area contributed by atoms with E-state index in [2.05, 4.69) is 22.1 Å². The Labute approximate surface area is 81.3 Å². The van der Waals surface area contributed by atoms with Crippen molar-refractivity contribution in [2.24, 2.45) is 0 Å². The minimum absolute atomic E-state index is 0.0322. The number of hydrogen-bond acceptors (Lipinski definition) is 3. The Morgan fingerprint density at radius 2 is 2.29 bits per heavy atom. The van der Waals surface area contributed by atoms with E-state index in [1.807, 2.05) is 12.1 Å². The molecule has 3 rings (SSSR count). The lowest BCUT2D eigenvalue weighted by Crippen LogP contribution is -2.12. The fourth-order valence-corrected chi connectivity index (χ4v) is 1.40. The number of fused-ring (bicyclic) bond motifs is 1. The predicted octanol–water partition coefficient (Wildman–Crippen LogP) is 1.89. The molecule has 0 amide bonds. The summed E-state index contributed by atoms with van der Waals surface area (Å²) >= 11 is 0. The Morgan fingerprint density at radius 3 is 3.07 bits per heavy atom. The smallest absolute Gasteiger partial charge is 0.214 e. The average molecular weight is 189 g/mol. The van der Waals surface area contributed by atoms with Gasteiger partial charge in [-0.15, -0.1) is 0 Å². The number of ether oxygens (including phenoxy) is 1. The molecule has 0 saturated heterocycles. The Bertz CT molecular complexity index is 473. The van der Waals surface area contributed by atoms with Gasteiger partial charge in [-0.1, -0.05) is 0 Å². The molecule has 0 aromatic carbocycles. The van der Waals surface area contributed by atoms with E-state index >= 15 is 0 Å². The molecule has 2 aromatic rings. The number of rotatable bonds is 2. The molecule has 0 aliphatic heterocycles. The van der Waals surface area contributed by atoms with Crippen LogP contribution in [0.15, 0.2) is 18.3 Å². The molecule has 2 heterocycles. The third-order valence-electron chi connectivity index (χ3n) is 2.58. The second kappa shape index (κ2) is 2.47. The van der Waals surface area contributed by atoms with Crippen LogP contribution in [0.3, 0.4) is 0 Å². The molecule has 1 saturated carbocycles. The van der Waals surface area contributed by atoms with E-state index in [0.29, 0.717) is 5.88 Å². The van der Waals surface area contributed by atoms with E-state index in [1.54, 1.807) is 6.20 Å². The summed E-state index contributed by atoms with van der Waals surface area (Å²) in [6, 6.07) is 3.82. The van der Waals surface area contributed by atoms with Crippen LogP contribution in [0.5, 0.6) is 5.88 Å². The highest BCUT2D eigenvalue weighted by Crippen LogP contribution is 2.39. The number of H-pyrrole nitrogens is 1.